The van der Waals surface area contributed by atoms with Crippen LogP contribution in [0.2, 0.25) is 0 Å². The van der Waals surface area contributed by atoms with Gasteiger partial charge in [-0.3, -0.25) is 0 Å². The molecule has 7 nitrogen and oxygen atoms in total. The Morgan fingerprint density at radius 1 is 1.43 bits per heavy atom. The highest BCUT2D eigenvalue weighted by Gasteiger charge is 2.23. The lowest BCUT2D eigenvalue weighted by molar-refractivity contribution is 0.0604. The highest BCUT2D eigenvalue weighted by atomic mass is 16.6. The zero-order valence-corrected chi connectivity index (χ0v) is 12.9. The lowest BCUT2D eigenvalue weighted by Crippen LogP contribution is -2.22. The largest absolute Gasteiger partial charge is 0.442 e. The van der Waals surface area contributed by atoms with Gasteiger partial charge in [0.25, 0.3) is 0 Å². The van der Waals surface area contributed by atoms with E-state index < -0.39 is 11.7 Å². The summed E-state index contributed by atoms with van der Waals surface area (Å²) in [4.78, 5) is 19.8. The highest BCUT2D eigenvalue weighted by molar-refractivity contribution is 5.95. The van der Waals surface area contributed by atoms with E-state index in [0.717, 1.165) is 24.2 Å². The van der Waals surface area contributed by atoms with Gasteiger partial charge in [-0.15, -0.1) is 5.10 Å². The zero-order valence-electron chi connectivity index (χ0n) is 12.9. The third-order valence-corrected chi connectivity index (χ3v) is 2.92. The SMILES string of the molecule is Cc1cnc(N[C@H]2CC/C(=N/C(=O)OC(C)(C)C)C2)nn1. The van der Waals surface area contributed by atoms with Crippen molar-refractivity contribution in [3.63, 3.8) is 0 Å². The van der Waals surface area contributed by atoms with Crippen LogP contribution in [0.1, 0.15) is 45.7 Å². The van der Waals surface area contributed by atoms with Crippen LogP contribution in [0.4, 0.5) is 10.7 Å². The second kappa shape index (κ2) is 6.15. The molecule has 0 saturated heterocycles. The fraction of sp³-hybridized carbons (Fsp3) is 0.643. The monoisotopic (exact) mass is 291 g/mol. The quantitative estimate of drug-likeness (QED) is 0.900. The van der Waals surface area contributed by atoms with Gasteiger partial charge in [-0.05, 0) is 40.5 Å². The van der Waals surface area contributed by atoms with E-state index in [1.54, 1.807) is 6.20 Å². The van der Waals surface area contributed by atoms with E-state index >= 15 is 0 Å². The summed E-state index contributed by atoms with van der Waals surface area (Å²) in [6.07, 6.45) is 3.50. The number of amides is 1. The molecule has 1 amide bonds. The van der Waals surface area contributed by atoms with Gasteiger partial charge in [-0.1, -0.05) is 0 Å². The van der Waals surface area contributed by atoms with Crippen LogP contribution in [0, 0.1) is 6.92 Å². The Bertz CT molecular complexity index is 533. The van der Waals surface area contributed by atoms with Crippen molar-refractivity contribution < 1.29 is 9.53 Å². The van der Waals surface area contributed by atoms with Gasteiger partial charge in [0, 0.05) is 18.2 Å². The summed E-state index contributed by atoms with van der Waals surface area (Å²) in [5.41, 5.74) is 1.11. The summed E-state index contributed by atoms with van der Waals surface area (Å²) in [7, 11) is 0. The third-order valence-electron chi connectivity index (χ3n) is 2.92. The molecule has 0 aliphatic heterocycles. The number of nitrogens with one attached hydrogen (secondary N) is 1. The minimum absolute atomic E-state index is 0.177. The molecule has 21 heavy (non-hydrogen) atoms. The number of hydrogen-bond donors (Lipinski definition) is 1. The number of ether oxygens (including phenoxy) is 1. The van der Waals surface area contributed by atoms with Crippen molar-refractivity contribution in [2.24, 2.45) is 4.99 Å². The number of aliphatic imine (C=N–C) groups is 1. The summed E-state index contributed by atoms with van der Waals surface area (Å²) in [5, 5.41) is 11.1. The maximum Gasteiger partial charge on any atom is 0.434 e. The van der Waals surface area contributed by atoms with Gasteiger partial charge in [-0.25, -0.2) is 9.78 Å². The molecule has 1 aromatic heterocycles. The molecular weight excluding hydrogens is 270 g/mol. The van der Waals surface area contributed by atoms with E-state index in [0.29, 0.717) is 12.4 Å². The first-order valence-electron chi connectivity index (χ1n) is 7.04. The number of hydrogen-bond acceptors (Lipinski definition) is 6. The number of aromatic nitrogens is 3. The molecule has 1 aliphatic rings. The van der Waals surface area contributed by atoms with Crippen LogP contribution in [-0.2, 0) is 4.74 Å². The molecule has 7 heteroatoms. The van der Waals surface area contributed by atoms with Crippen LogP contribution in [0.15, 0.2) is 11.2 Å². The molecular formula is C14H21N5O2. The van der Waals surface area contributed by atoms with Crippen LogP contribution >= 0.6 is 0 Å². The molecule has 0 radical (unpaired) electrons. The van der Waals surface area contributed by atoms with Gasteiger partial charge in [0.2, 0.25) is 5.95 Å². The maximum absolute atomic E-state index is 11.7. The smallest absolute Gasteiger partial charge is 0.434 e. The standard InChI is InChI=1S/C14H21N5O2/c1-9-8-15-12(19-18-9)16-10-5-6-11(7-10)17-13(20)21-14(2,3)4/h8,10H,5-7H2,1-4H3,(H,15,16,19)/b17-11-/t10-/m0/s1. The minimum atomic E-state index is -0.522. The molecule has 0 aromatic carbocycles. The topological polar surface area (TPSA) is 89.4 Å². The second-order valence-corrected chi connectivity index (χ2v) is 6.17. The summed E-state index contributed by atoms with van der Waals surface area (Å²) >= 11 is 0. The molecule has 0 unspecified atom stereocenters. The normalized spacial score (nSPS) is 20.6. The minimum Gasteiger partial charge on any atom is -0.442 e. The lowest BCUT2D eigenvalue weighted by Gasteiger charge is -2.17. The lowest BCUT2D eigenvalue weighted by atomic mass is 10.2. The highest BCUT2D eigenvalue weighted by Crippen LogP contribution is 2.20. The second-order valence-electron chi connectivity index (χ2n) is 6.17. The molecule has 1 fully saturated rings. The number of anilines is 1. The zero-order chi connectivity index (χ0) is 15.5. The van der Waals surface area contributed by atoms with Crippen LogP contribution in [0.25, 0.3) is 0 Å². The van der Waals surface area contributed by atoms with Crippen LogP contribution < -0.4 is 5.32 Å². The summed E-state index contributed by atoms with van der Waals surface area (Å²) in [6.45, 7) is 7.31. The van der Waals surface area contributed by atoms with Gasteiger partial charge in [0.05, 0.1) is 11.9 Å². The van der Waals surface area contributed by atoms with Gasteiger partial charge in [0.15, 0.2) is 0 Å². The summed E-state index contributed by atoms with van der Waals surface area (Å²) in [5.74, 6) is 0.504. The fourth-order valence-electron chi connectivity index (χ4n) is 2.05. The van der Waals surface area contributed by atoms with Gasteiger partial charge in [-0.2, -0.15) is 10.1 Å². The number of rotatable bonds is 2. The van der Waals surface area contributed by atoms with Crippen molar-refractivity contribution in [1.29, 1.82) is 0 Å². The number of nitrogens with zero attached hydrogens (tertiary/aromatic N) is 4. The average Bonchev–Trinajstić information content (AvgIpc) is 2.77. The van der Waals surface area contributed by atoms with Crippen molar-refractivity contribution in [2.45, 2.75) is 58.6 Å². The maximum atomic E-state index is 11.7. The molecule has 0 spiro atoms. The van der Waals surface area contributed by atoms with E-state index in [1.807, 2.05) is 27.7 Å². The third kappa shape index (κ3) is 5.09. The molecule has 1 aromatic rings. The summed E-state index contributed by atoms with van der Waals surface area (Å²) < 4.78 is 5.18. The molecule has 1 aliphatic carbocycles. The van der Waals surface area contributed by atoms with Crippen molar-refractivity contribution in [3.8, 4) is 0 Å². The number of carbonyl (C=O) groups is 1. The Morgan fingerprint density at radius 2 is 2.19 bits per heavy atom. The van der Waals surface area contributed by atoms with Gasteiger partial charge >= 0.3 is 6.09 Å². The molecule has 1 N–H and O–H groups in total. The van der Waals surface area contributed by atoms with E-state index in [-0.39, 0.29) is 6.04 Å². The average molecular weight is 291 g/mol. The first-order valence-corrected chi connectivity index (χ1v) is 7.04. The van der Waals surface area contributed by atoms with Gasteiger partial charge in [0.1, 0.15) is 5.60 Å². The molecule has 114 valence electrons. The summed E-state index contributed by atoms with van der Waals surface area (Å²) in [6, 6.07) is 0.177. The van der Waals surface area contributed by atoms with Crippen molar-refractivity contribution in [2.75, 3.05) is 5.32 Å². The van der Waals surface area contributed by atoms with Crippen molar-refractivity contribution in [3.05, 3.63) is 11.9 Å². The van der Waals surface area contributed by atoms with Crippen molar-refractivity contribution >= 4 is 17.8 Å². The van der Waals surface area contributed by atoms with Crippen molar-refractivity contribution in [1.82, 2.24) is 15.2 Å². The Labute approximate surface area is 124 Å². The van der Waals surface area contributed by atoms with Gasteiger partial charge < -0.3 is 10.1 Å². The first kappa shape index (κ1) is 15.3. The van der Waals surface area contributed by atoms with Crippen LogP contribution in [0.3, 0.4) is 0 Å². The Morgan fingerprint density at radius 3 is 2.81 bits per heavy atom. The Kier molecular flexibility index (Phi) is 4.50. The van der Waals surface area contributed by atoms with E-state index in [2.05, 4.69) is 25.5 Å². The van der Waals surface area contributed by atoms with E-state index in [1.165, 1.54) is 0 Å². The number of carbonyl (C=O) groups excluding carboxylic acids is 1. The number of aryl methyl sites for hydroxylation is 1. The Balaban J connectivity index is 1.88. The predicted molar refractivity (Wildman–Crippen MR) is 79.5 cm³/mol. The van der Waals surface area contributed by atoms with Crippen LogP contribution in [0.5, 0.6) is 0 Å². The molecule has 2 rings (SSSR count). The first-order chi connectivity index (χ1) is 9.82. The molecule has 1 saturated carbocycles. The molecule has 0 bridgehead atoms. The predicted octanol–water partition coefficient (Wildman–Crippen LogP) is 2.52. The molecule has 1 atom stereocenters. The molecule has 1 heterocycles. The fourth-order valence-corrected chi connectivity index (χ4v) is 2.05. The Hall–Kier alpha value is -2.05. The van der Waals surface area contributed by atoms with E-state index in [4.69, 9.17) is 4.74 Å². The van der Waals surface area contributed by atoms with E-state index in [9.17, 15) is 4.79 Å². The van der Waals surface area contributed by atoms with Crippen LogP contribution in [-0.4, -0.2) is 38.6 Å².